The van der Waals surface area contributed by atoms with Crippen LogP contribution >= 0.6 is 0 Å². The third-order valence-electron chi connectivity index (χ3n) is 1.37. The molecule has 0 aliphatic heterocycles. The van der Waals surface area contributed by atoms with Crippen molar-refractivity contribution in [3.8, 4) is 0 Å². The SMILES string of the molecule is CCC(=O)/C=C/C(=O)NCCOC. The summed E-state index contributed by atoms with van der Waals surface area (Å²) in [4.78, 5) is 21.7. The van der Waals surface area contributed by atoms with Crippen LogP contribution in [0.1, 0.15) is 13.3 Å². The second-order valence-corrected chi connectivity index (χ2v) is 2.44. The number of carbonyl (C=O) groups is 2. The van der Waals surface area contributed by atoms with E-state index in [0.717, 1.165) is 0 Å². The maximum atomic E-state index is 10.9. The van der Waals surface area contributed by atoms with Crippen molar-refractivity contribution in [3.05, 3.63) is 12.2 Å². The normalized spacial score (nSPS) is 10.3. The molecule has 0 aromatic carbocycles. The van der Waals surface area contributed by atoms with Crippen molar-refractivity contribution in [2.75, 3.05) is 20.3 Å². The molecule has 0 aliphatic rings. The lowest BCUT2D eigenvalue weighted by Gasteiger charge is -1.99. The molecule has 74 valence electrons. The second-order valence-electron chi connectivity index (χ2n) is 2.44. The van der Waals surface area contributed by atoms with Gasteiger partial charge in [0.2, 0.25) is 5.91 Å². The first-order valence-electron chi connectivity index (χ1n) is 4.18. The molecule has 0 saturated carbocycles. The first-order chi connectivity index (χ1) is 6.20. The van der Waals surface area contributed by atoms with Gasteiger partial charge in [0.1, 0.15) is 0 Å². The molecule has 0 aliphatic carbocycles. The van der Waals surface area contributed by atoms with E-state index in [9.17, 15) is 9.59 Å². The van der Waals surface area contributed by atoms with Crippen molar-refractivity contribution >= 4 is 11.7 Å². The van der Waals surface area contributed by atoms with E-state index in [2.05, 4.69) is 5.32 Å². The summed E-state index contributed by atoms with van der Waals surface area (Å²) in [5.41, 5.74) is 0. The summed E-state index contributed by atoms with van der Waals surface area (Å²) in [5.74, 6) is -0.319. The Balaban J connectivity index is 3.61. The molecular weight excluding hydrogens is 170 g/mol. The van der Waals surface area contributed by atoms with Crippen LogP contribution in [0, 0.1) is 0 Å². The Morgan fingerprint density at radius 3 is 2.62 bits per heavy atom. The van der Waals surface area contributed by atoms with E-state index < -0.39 is 0 Å². The summed E-state index contributed by atoms with van der Waals surface area (Å²) in [6.07, 6.45) is 2.94. The Kier molecular flexibility index (Phi) is 6.82. The van der Waals surface area contributed by atoms with E-state index in [4.69, 9.17) is 4.74 Å². The van der Waals surface area contributed by atoms with E-state index >= 15 is 0 Å². The number of nitrogens with one attached hydrogen (secondary N) is 1. The number of hydrogen-bond donors (Lipinski definition) is 1. The van der Waals surface area contributed by atoms with E-state index in [0.29, 0.717) is 19.6 Å². The van der Waals surface area contributed by atoms with Gasteiger partial charge in [-0.15, -0.1) is 0 Å². The third kappa shape index (κ3) is 7.21. The van der Waals surface area contributed by atoms with Crippen molar-refractivity contribution in [2.45, 2.75) is 13.3 Å². The molecule has 13 heavy (non-hydrogen) atoms. The summed E-state index contributed by atoms with van der Waals surface area (Å²) in [6, 6.07) is 0. The average Bonchev–Trinajstić information content (AvgIpc) is 2.14. The molecule has 4 nitrogen and oxygen atoms in total. The molecule has 0 bridgehead atoms. The number of rotatable bonds is 6. The maximum Gasteiger partial charge on any atom is 0.244 e. The Bertz CT molecular complexity index is 199. The molecule has 0 aromatic rings. The second kappa shape index (κ2) is 7.49. The highest BCUT2D eigenvalue weighted by molar-refractivity contribution is 5.97. The molecule has 4 heteroatoms. The van der Waals surface area contributed by atoms with E-state index in [-0.39, 0.29) is 11.7 Å². The largest absolute Gasteiger partial charge is 0.383 e. The predicted molar refractivity (Wildman–Crippen MR) is 49.3 cm³/mol. The van der Waals surface area contributed by atoms with Gasteiger partial charge in [-0.25, -0.2) is 0 Å². The molecule has 0 atom stereocenters. The van der Waals surface area contributed by atoms with Crippen LogP contribution in [0.25, 0.3) is 0 Å². The standard InChI is InChI=1S/C9H15NO3/c1-3-8(11)4-5-9(12)10-6-7-13-2/h4-5H,3,6-7H2,1-2H3,(H,10,12)/b5-4+. The van der Waals surface area contributed by atoms with Gasteiger partial charge in [-0.05, 0) is 6.08 Å². The molecule has 0 rings (SSSR count). The highest BCUT2D eigenvalue weighted by Crippen LogP contribution is 1.83. The van der Waals surface area contributed by atoms with Gasteiger partial charge in [0, 0.05) is 26.2 Å². The van der Waals surface area contributed by atoms with Gasteiger partial charge in [0.05, 0.1) is 6.61 Å². The lowest BCUT2D eigenvalue weighted by molar-refractivity contribution is -0.118. The highest BCUT2D eigenvalue weighted by Gasteiger charge is 1.95. The van der Waals surface area contributed by atoms with Crippen LogP contribution in [0.3, 0.4) is 0 Å². The number of ketones is 1. The minimum absolute atomic E-state index is 0.0538. The minimum Gasteiger partial charge on any atom is -0.383 e. The average molecular weight is 185 g/mol. The van der Waals surface area contributed by atoms with Gasteiger partial charge in [0.25, 0.3) is 0 Å². The fourth-order valence-corrected chi connectivity index (χ4v) is 0.622. The number of amides is 1. The summed E-state index contributed by atoms with van der Waals surface area (Å²) < 4.78 is 4.73. The van der Waals surface area contributed by atoms with Gasteiger partial charge in [-0.2, -0.15) is 0 Å². The molecule has 0 spiro atoms. The monoisotopic (exact) mass is 185 g/mol. The molecule has 0 saturated heterocycles. The maximum absolute atomic E-state index is 10.9. The molecule has 0 unspecified atom stereocenters. The van der Waals surface area contributed by atoms with Gasteiger partial charge in [0.15, 0.2) is 5.78 Å². The zero-order valence-corrected chi connectivity index (χ0v) is 8.00. The summed E-state index contributed by atoms with van der Waals surface area (Å²) >= 11 is 0. The topological polar surface area (TPSA) is 55.4 Å². The van der Waals surface area contributed by atoms with Crippen LogP contribution in [0.2, 0.25) is 0 Å². The summed E-state index contributed by atoms with van der Waals surface area (Å²) in [5, 5.41) is 2.56. The smallest absolute Gasteiger partial charge is 0.244 e. The van der Waals surface area contributed by atoms with Gasteiger partial charge in [-0.3, -0.25) is 9.59 Å². The van der Waals surface area contributed by atoms with E-state index in [1.54, 1.807) is 14.0 Å². The first kappa shape index (κ1) is 11.8. The molecule has 0 radical (unpaired) electrons. The van der Waals surface area contributed by atoms with Gasteiger partial charge >= 0.3 is 0 Å². The Morgan fingerprint density at radius 2 is 2.08 bits per heavy atom. The van der Waals surface area contributed by atoms with Crippen molar-refractivity contribution in [1.29, 1.82) is 0 Å². The van der Waals surface area contributed by atoms with Crippen LogP contribution in [0.4, 0.5) is 0 Å². The first-order valence-corrected chi connectivity index (χ1v) is 4.18. The highest BCUT2D eigenvalue weighted by atomic mass is 16.5. The molecule has 0 heterocycles. The van der Waals surface area contributed by atoms with Gasteiger partial charge in [-0.1, -0.05) is 6.92 Å². The zero-order valence-electron chi connectivity index (χ0n) is 8.00. The summed E-state index contributed by atoms with van der Waals surface area (Å²) in [7, 11) is 1.56. The third-order valence-corrected chi connectivity index (χ3v) is 1.37. The van der Waals surface area contributed by atoms with Crippen molar-refractivity contribution in [3.63, 3.8) is 0 Å². The van der Waals surface area contributed by atoms with Crippen LogP contribution in [-0.4, -0.2) is 32.0 Å². The Morgan fingerprint density at radius 1 is 1.38 bits per heavy atom. The van der Waals surface area contributed by atoms with Gasteiger partial charge < -0.3 is 10.1 Å². The fraction of sp³-hybridized carbons (Fsp3) is 0.556. The number of allylic oxidation sites excluding steroid dienone is 1. The zero-order chi connectivity index (χ0) is 10.1. The van der Waals surface area contributed by atoms with Crippen LogP contribution in [0.5, 0.6) is 0 Å². The molecule has 1 amide bonds. The predicted octanol–water partition coefficient (Wildman–Crippen LogP) is 0.284. The number of ether oxygens (including phenoxy) is 1. The Labute approximate surface area is 78.0 Å². The summed E-state index contributed by atoms with van der Waals surface area (Å²) in [6.45, 7) is 2.68. The van der Waals surface area contributed by atoms with Crippen LogP contribution in [-0.2, 0) is 14.3 Å². The molecule has 1 N–H and O–H groups in total. The molecular formula is C9H15NO3. The lowest BCUT2D eigenvalue weighted by atomic mass is 10.3. The lowest BCUT2D eigenvalue weighted by Crippen LogP contribution is -2.25. The van der Waals surface area contributed by atoms with E-state index in [1.807, 2.05) is 0 Å². The van der Waals surface area contributed by atoms with E-state index in [1.165, 1.54) is 12.2 Å². The van der Waals surface area contributed by atoms with Crippen molar-refractivity contribution in [1.82, 2.24) is 5.32 Å². The van der Waals surface area contributed by atoms with Crippen molar-refractivity contribution in [2.24, 2.45) is 0 Å². The van der Waals surface area contributed by atoms with Crippen molar-refractivity contribution < 1.29 is 14.3 Å². The number of methoxy groups -OCH3 is 1. The van der Waals surface area contributed by atoms with Crippen LogP contribution < -0.4 is 5.32 Å². The molecule has 0 aromatic heterocycles. The molecule has 0 fully saturated rings. The number of carbonyl (C=O) groups excluding carboxylic acids is 2. The number of hydrogen-bond acceptors (Lipinski definition) is 3. The minimum atomic E-state index is -0.265. The fourth-order valence-electron chi connectivity index (χ4n) is 0.622. The Hall–Kier alpha value is -1.16. The quantitative estimate of drug-likeness (QED) is 0.478. The van der Waals surface area contributed by atoms with Crippen LogP contribution in [0.15, 0.2) is 12.2 Å².